The van der Waals surface area contributed by atoms with E-state index in [2.05, 4.69) is 15.5 Å². The first-order valence-electron chi connectivity index (χ1n) is 5.77. The second-order valence-corrected chi connectivity index (χ2v) is 5.45. The third-order valence-corrected chi connectivity index (χ3v) is 3.39. The van der Waals surface area contributed by atoms with Gasteiger partial charge in [0.15, 0.2) is 11.7 Å². The van der Waals surface area contributed by atoms with E-state index in [0.717, 1.165) is 5.69 Å². The fourth-order valence-electron chi connectivity index (χ4n) is 1.71. The molecule has 0 amide bonds. The molecule has 7 heteroatoms. The zero-order chi connectivity index (χ0) is 14.9. The number of benzene rings is 1. The summed E-state index contributed by atoms with van der Waals surface area (Å²) in [6.07, 6.45) is 0. The summed E-state index contributed by atoms with van der Waals surface area (Å²) in [6, 6.07) is 3.18. The topological polar surface area (TPSA) is 50.4 Å². The van der Waals surface area contributed by atoms with Crippen LogP contribution in [-0.2, 0) is 0 Å². The van der Waals surface area contributed by atoms with Crippen LogP contribution in [0.3, 0.4) is 0 Å². The number of anilines is 1. The Morgan fingerprint density at radius 2 is 1.80 bits per heavy atom. The molecular formula is C13H12Cl3N3O. The lowest BCUT2D eigenvalue weighted by molar-refractivity contribution is 0.512. The van der Waals surface area contributed by atoms with Crippen LogP contribution >= 0.6 is 34.8 Å². The minimum absolute atomic E-state index is 0.393. The number of aryl methyl sites for hydroxylation is 2. The number of hydrazone groups is 1. The Bertz CT molecular complexity index is 656. The van der Waals surface area contributed by atoms with Crippen LogP contribution in [0.15, 0.2) is 21.7 Å². The molecule has 0 unspecified atom stereocenters. The van der Waals surface area contributed by atoms with Crippen molar-refractivity contribution in [1.29, 1.82) is 0 Å². The molecule has 1 aromatic heterocycles. The minimum atomic E-state index is 0.393. The summed E-state index contributed by atoms with van der Waals surface area (Å²) in [7, 11) is 0. The van der Waals surface area contributed by atoms with Gasteiger partial charge in [0.05, 0.1) is 21.4 Å². The van der Waals surface area contributed by atoms with E-state index in [-0.39, 0.29) is 0 Å². The van der Waals surface area contributed by atoms with Gasteiger partial charge in [0.25, 0.3) is 0 Å². The number of oxazole rings is 1. The van der Waals surface area contributed by atoms with Gasteiger partial charge in [0.1, 0.15) is 5.71 Å². The second kappa shape index (κ2) is 6.04. The molecule has 1 aromatic carbocycles. The van der Waals surface area contributed by atoms with Crippen molar-refractivity contribution in [2.75, 3.05) is 5.43 Å². The molecule has 0 aliphatic heterocycles. The SMILES string of the molecule is C/C(=N\Nc1c(Cl)cc(Cl)cc1Cl)c1oc(C)nc1C. The predicted octanol–water partition coefficient (Wildman–Crippen LogP) is 5.09. The summed E-state index contributed by atoms with van der Waals surface area (Å²) >= 11 is 18.0. The Morgan fingerprint density at radius 3 is 2.30 bits per heavy atom. The molecule has 0 radical (unpaired) electrons. The van der Waals surface area contributed by atoms with Crippen molar-refractivity contribution in [3.63, 3.8) is 0 Å². The standard InChI is InChI=1S/C13H12Cl3N3O/c1-6-13(20-8(3)17-6)7(2)18-19-12-10(15)4-9(14)5-11(12)16/h4-5,19H,1-3H3/b18-7+. The van der Waals surface area contributed by atoms with Crippen molar-refractivity contribution < 1.29 is 4.42 Å². The maximum absolute atomic E-state index is 6.06. The molecule has 4 nitrogen and oxygen atoms in total. The molecule has 1 heterocycles. The maximum Gasteiger partial charge on any atom is 0.192 e. The van der Waals surface area contributed by atoms with Crippen LogP contribution in [0, 0.1) is 13.8 Å². The maximum atomic E-state index is 6.06. The summed E-state index contributed by atoms with van der Waals surface area (Å²) in [5.74, 6) is 1.21. The van der Waals surface area contributed by atoms with E-state index in [4.69, 9.17) is 39.2 Å². The first kappa shape index (κ1) is 15.2. The Balaban J connectivity index is 2.27. The molecule has 1 N–H and O–H groups in total. The fourth-order valence-corrected chi connectivity index (χ4v) is 2.61. The molecule has 0 aliphatic carbocycles. The number of rotatable bonds is 3. The molecule has 2 aromatic rings. The minimum Gasteiger partial charge on any atom is -0.439 e. The van der Waals surface area contributed by atoms with E-state index in [1.807, 2.05) is 6.92 Å². The average Bonchev–Trinajstić information content (AvgIpc) is 2.66. The van der Waals surface area contributed by atoms with Gasteiger partial charge in [-0.1, -0.05) is 34.8 Å². The molecule has 0 spiro atoms. The summed E-state index contributed by atoms with van der Waals surface area (Å²) in [6.45, 7) is 5.44. The van der Waals surface area contributed by atoms with Gasteiger partial charge in [-0.05, 0) is 26.0 Å². The van der Waals surface area contributed by atoms with Crippen LogP contribution in [0.5, 0.6) is 0 Å². The van der Waals surface area contributed by atoms with Crippen LogP contribution in [0.1, 0.15) is 24.3 Å². The summed E-state index contributed by atoms with van der Waals surface area (Å²) in [5, 5.41) is 5.46. The highest BCUT2D eigenvalue weighted by Crippen LogP contribution is 2.33. The molecule has 0 saturated carbocycles. The fraction of sp³-hybridized carbons (Fsp3) is 0.231. The lowest BCUT2D eigenvalue weighted by Gasteiger charge is -2.07. The van der Waals surface area contributed by atoms with E-state index < -0.39 is 0 Å². The molecule has 0 aliphatic rings. The van der Waals surface area contributed by atoms with Crippen LogP contribution < -0.4 is 5.43 Å². The molecular weight excluding hydrogens is 321 g/mol. The zero-order valence-electron chi connectivity index (χ0n) is 11.1. The van der Waals surface area contributed by atoms with Gasteiger partial charge in [-0.25, -0.2) is 4.98 Å². The van der Waals surface area contributed by atoms with E-state index in [1.165, 1.54) is 0 Å². The van der Waals surface area contributed by atoms with Crippen LogP contribution in [0.2, 0.25) is 15.1 Å². The highest BCUT2D eigenvalue weighted by Gasteiger charge is 2.11. The van der Waals surface area contributed by atoms with Crippen LogP contribution in [0.25, 0.3) is 0 Å². The Labute approximate surface area is 131 Å². The normalized spacial score (nSPS) is 11.8. The molecule has 0 atom stereocenters. The van der Waals surface area contributed by atoms with Crippen molar-refractivity contribution in [2.24, 2.45) is 5.10 Å². The molecule has 0 bridgehead atoms. The van der Waals surface area contributed by atoms with E-state index in [0.29, 0.717) is 38.1 Å². The van der Waals surface area contributed by atoms with Gasteiger partial charge in [0, 0.05) is 11.9 Å². The molecule has 0 fully saturated rings. The van der Waals surface area contributed by atoms with Gasteiger partial charge >= 0.3 is 0 Å². The first-order valence-corrected chi connectivity index (χ1v) is 6.91. The number of nitrogens with zero attached hydrogens (tertiary/aromatic N) is 2. The van der Waals surface area contributed by atoms with E-state index >= 15 is 0 Å². The van der Waals surface area contributed by atoms with Crippen molar-refractivity contribution in [2.45, 2.75) is 20.8 Å². The third-order valence-electron chi connectivity index (χ3n) is 2.57. The molecule has 20 heavy (non-hydrogen) atoms. The predicted molar refractivity (Wildman–Crippen MR) is 83.3 cm³/mol. The van der Waals surface area contributed by atoms with Gasteiger partial charge in [-0.3, -0.25) is 5.43 Å². The zero-order valence-corrected chi connectivity index (χ0v) is 13.4. The summed E-state index contributed by atoms with van der Waals surface area (Å²) < 4.78 is 5.48. The Morgan fingerprint density at radius 1 is 1.20 bits per heavy atom. The van der Waals surface area contributed by atoms with Crippen molar-refractivity contribution in [1.82, 2.24) is 4.98 Å². The highest BCUT2D eigenvalue weighted by atomic mass is 35.5. The quantitative estimate of drug-likeness (QED) is 0.629. The lowest BCUT2D eigenvalue weighted by Crippen LogP contribution is -2.01. The number of nitrogens with one attached hydrogen (secondary N) is 1. The van der Waals surface area contributed by atoms with Crippen LogP contribution in [-0.4, -0.2) is 10.7 Å². The van der Waals surface area contributed by atoms with Gasteiger partial charge in [-0.15, -0.1) is 0 Å². The monoisotopic (exact) mass is 331 g/mol. The number of halogens is 3. The van der Waals surface area contributed by atoms with Gasteiger partial charge in [0.2, 0.25) is 0 Å². The Kier molecular flexibility index (Phi) is 4.58. The smallest absolute Gasteiger partial charge is 0.192 e. The van der Waals surface area contributed by atoms with Crippen molar-refractivity contribution >= 4 is 46.2 Å². The number of aromatic nitrogens is 1. The largest absolute Gasteiger partial charge is 0.439 e. The van der Waals surface area contributed by atoms with E-state index in [1.54, 1.807) is 26.0 Å². The molecule has 0 saturated heterocycles. The summed E-state index contributed by atoms with van der Waals surface area (Å²) in [5.41, 5.74) is 4.73. The number of hydrogen-bond donors (Lipinski definition) is 1. The van der Waals surface area contributed by atoms with Gasteiger partial charge < -0.3 is 4.42 Å². The number of hydrogen-bond acceptors (Lipinski definition) is 4. The van der Waals surface area contributed by atoms with E-state index in [9.17, 15) is 0 Å². The van der Waals surface area contributed by atoms with Crippen molar-refractivity contribution in [3.8, 4) is 0 Å². The summed E-state index contributed by atoms with van der Waals surface area (Å²) in [4.78, 5) is 4.19. The van der Waals surface area contributed by atoms with Gasteiger partial charge in [-0.2, -0.15) is 5.10 Å². The van der Waals surface area contributed by atoms with Crippen LogP contribution in [0.4, 0.5) is 5.69 Å². The average molecular weight is 333 g/mol. The lowest BCUT2D eigenvalue weighted by atomic mass is 10.3. The molecule has 2 rings (SSSR count). The highest BCUT2D eigenvalue weighted by molar-refractivity contribution is 6.41. The Hall–Kier alpha value is -1.23. The third kappa shape index (κ3) is 3.26. The van der Waals surface area contributed by atoms with Crippen molar-refractivity contribution in [3.05, 3.63) is 44.5 Å². The first-order chi connectivity index (χ1) is 9.38. The molecule has 106 valence electrons. The second-order valence-electron chi connectivity index (χ2n) is 4.20.